The molecule has 0 aliphatic rings. The van der Waals surface area contributed by atoms with E-state index in [2.05, 4.69) is 9.44 Å². The lowest BCUT2D eigenvalue weighted by Gasteiger charge is -2.28. The van der Waals surface area contributed by atoms with Crippen LogP contribution in [0.2, 0.25) is 0 Å². The Labute approximate surface area is 130 Å². The molecule has 0 bridgehead atoms. The third kappa shape index (κ3) is 5.84. The Balaban J connectivity index is 4.75. The van der Waals surface area contributed by atoms with Gasteiger partial charge in [-0.2, -0.15) is 0 Å². The van der Waals surface area contributed by atoms with E-state index in [4.69, 9.17) is 0 Å². The summed E-state index contributed by atoms with van der Waals surface area (Å²) in [6.45, 7) is 12.0. The van der Waals surface area contributed by atoms with Crippen LogP contribution in [0.3, 0.4) is 0 Å². The summed E-state index contributed by atoms with van der Waals surface area (Å²) in [6.07, 6.45) is 0.823. The van der Waals surface area contributed by atoms with Crippen LogP contribution in [0, 0.1) is 0 Å². The van der Waals surface area contributed by atoms with Gasteiger partial charge in [0.05, 0.1) is 9.49 Å². The lowest BCUT2D eigenvalue weighted by atomic mass is 10.0. The van der Waals surface area contributed by atoms with E-state index in [9.17, 15) is 16.8 Å². The Morgan fingerprint density at radius 1 is 0.952 bits per heavy atom. The fourth-order valence-electron chi connectivity index (χ4n) is 1.58. The summed E-state index contributed by atoms with van der Waals surface area (Å²) in [5.74, 6) is 0. The number of hydrogen-bond acceptors (Lipinski definition) is 4. The molecule has 0 heterocycles. The molecule has 128 valence electrons. The van der Waals surface area contributed by atoms with Gasteiger partial charge in [0.1, 0.15) is 0 Å². The van der Waals surface area contributed by atoms with Crippen molar-refractivity contribution in [3.63, 3.8) is 0 Å². The Morgan fingerprint density at radius 2 is 1.43 bits per heavy atom. The van der Waals surface area contributed by atoms with E-state index in [0.29, 0.717) is 19.4 Å². The maximum atomic E-state index is 12.1. The van der Waals surface area contributed by atoms with E-state index in [0.717, 1.165) is 0 Å². The summed E-state index contributed by atoms with van der Waals surface area (Å²) in [6, 6.07) is -0.315. The average Bonchev–Trinajstić information content (AvgIpc) is 2.24. The van der Waals surface area contributed by atoms with Crippen molar-refractivity contribution >= 4 is 20.0 Å². The Kier molecular flexibility index (Phi) is 6.87. The van der Waals surface area contributed by atoms with Crippen molar-refractivity contribution in [3.05, 3.63) is 0 Å². The zero-order chi connectivity index (χ0) is 17.1. The lowest BCUT2D eigenvalue weighted by Crippen LogP contribution is -2.45. The van der Waals surface area contributed by atoms with Gasteiger partial charge in [-0.1, -0.05) is 6.92 Å². The molecule has 0 aromatic carbocycles. The molecule has 0 aliphatic heterocycles. The zero-order valence-corrected chi connectivity index (χ0v) is 15.8. The first-order chi connectivity index (χ1) is 9.16. The highest BCUT2D eigenvalue weighted by atomic mass is 32.2. The maximum Gasteiger partial charge on any atom is 0.216 e. The molecule has 1 unspecified atom stereocenters. The molecule has 0 aromatic rings. The maximum absolute atomic E-state index is 12.1. The van der Waals surface area contributed by atoms with Crippen molar-refractivity contribution in [1.29, 1.82) is 0 Å². The van der Waals surface area contributed by atoms with E-state index in [-0.39, 0.29) is 6.04 Å². The second-order valence-electron chi connectivity index (χ2n) is 6.93. The molecule has 2 N–H and O–H groups in total. The zero-order valence-electron chi connectivity index (χ0n) is 14.1. The van der Waals surface area contributed by atoms with Crippen LogP contribution in [0.5, 0.6) is 0 Å². The summed E-state index contributed by atoms with van der Waals surface area (Å²) in [5.41, 5.74) is 0. The first kappa shape index (κ1) is 20.8. The van der Waals surface area contributed by atoms with Crippen LogP contribution in [0.1, 0.15) is 61.3 Å². The van der Waals surface area contributed by atoms with Crippen molar-refractivity contribution < 1.29 is 16.8 Å². The predicted octanol–water partition coefficient (Wildman–Crippen LogP) is 1.59. The molecule has 0 aromatic heterocycles. The normalized spacial score (nSPS) is 16.0. The van der Waals surface area contributed by atoms with Gasteiger partial charge in [-0.25, -0.2) is 26.3 Å². The van der Waals surface area contributed by atoms with Gasteiger partial charge >= 0.3 is 0 Å². The van der Waals surface area contributed by atoms with E-state index in [1.807, 2.05) is 0 Å². The van der Waals surface area contributed by atoms with Crippen molar-refractivity contribution in [2.75, 3.05) is 6.54 Å². The summed E-state index contributed by atoms with van der Waals surface area (Å²) in [5, 5.41) is 0. The fraction of sp³-hybridized carbons (Fsp3) is 1.00. The Hall–Kier alpha value is -0.180. The standard InChI is InChI=1S/C13H30N2O4S2/c1-8-14-21(18,19)13(6,7)10-9-11(2)15-20(16,17)12(3,4)5/h11,14-15H,8-10H2,1-7H3. The molecular formula is C13H30N2O4S2. The third-order valence-electron chi connectivity index (χ3n) is 3.40. The summed E-state index contributed by atoms with van der Waals surface area (Å²) in [7, 11) is -6.83. The minimum Gasteiger partial charge on any atom is -0.215 e. The summed E-state index contributed by atoms with van der Waals surface area (Å²) < 4.78 is 51.5. The molecule has 8 heteroatoms. The first-order valence-corrected chi connectivity index (χ1v) is 10.1. The highest BCUT2D eigenvalue weighted by molar-refractivity contribution is 7.91. The monoisotopic (exact) mass is 342 g/mol. The average molecular weight is 343 g/mol. The van der Waals surface area contributed by atoms with Gasteiger partial charge in [0.25, 0.3) is 0 Å². The number of rotatable bonds is 8. The van der Waals surface area contributed by atoms with Gasteiger partial charge in [-0.3, -0.25) is 0 Å². The largest absolute Gasteiger partial charge is 0.216 e. The van der Waals surface area contributed by atoms with Crippen LogP contribution in [-0.2, 0) is 20.0 Å². The summed E-state index contributed by atoms with van der Waals surface area (Å²) in [4.78, 5) is 0. The molecule has 0 rings (SSSR count). The van der Waals surface area contributed by atoms with Gasteiger partial charge in [0, 0.05) is 12.6 Å². The molecule has 0 aliphatic carbocycles. The topological polar surface area (TPSA) is 92.3 Å². The van der Waals surface area contributed by atoms with Crippen LogP contribution < -0.4 is 9.44 Å². The SMILES string of the molecule is CCNS(=O)(=O)C(C)(C)CCC(C)NS(=O)(=O)C(C)(C)C. The van der Waals surface area contributed by atoms with Gasteiger partial charge in [0.2, 0.25) is 20.0 Å². The first-order valence-electron chi connectivity index (χ1n) is 7.17. The second kappa shape index (κ2) is 6.93. The molecule has 0 saturated heterocycles. The van der Waals surface area contributed by atoms with Crippen molar-refractivity contribution in [2.45, 2.75) is 76.8 Å². The van der Waals surface area contributed by atoms with E-state index in [1.54, 1.807) is 48.5 Å². The molecule has 1 atom stereocenters. The quantitative estimate of drug-likeness (QED) is 0.700. The number of nitrogens with one attached hydrogen (secondary N) is 2. The van der Waals surface area contributed by atoms with Gasteiger partial charge in [-0.05, 0) is 54.4 Å². The van der Waals surface area contributed by atoms with Gasteiger partial charge in [0.15, 0.2) is 0 Å². The van der Waals surface area contributed by atoms with Crippen LogP contribution in [0.4, 0.5) is 0 Å². The number of hydrogen-bond donors (Lipinski definition) is 2. The summed E-state index contributed by atoms with van der Waals surface area (Å²) >= 11 is 0. The van der Waals surface area contributed by atoms with Crippen molar-refractivity contribution in [3.8, 4) is 0 Å². The second-order valence-corrected chi connectivity index (χ2v) is 11.8. The third-order valence-corrected chi connectivity index (χ3v) is 8.06. The van der Waals surface area contributed by atoms with Gasteiger partial charge < -0.3 is 0 Å². The highest BCUT2D eigenvalue weighted by Gasteiger charge is 2.35. The van der Waals surface area contributed by atoms with Crippen molar-refractivity contribution in [1.82, 2.24) is 9.44 Å². The minimum atomic E-state index is -3.43. The molecule has 0 fully saturated rings. The van der Waals surface area contributed by atoms with Crippen LogP contribution in [-0.4, -0.2) is 38.9 Å². The minimum absolute atomic E-state index is 0.315. The van der Waals surface area contributed by atoms with E-state index in [1.165, 1.54) is 0 Å². The molecule has 0 spiro atoms. The van der Waals surface area contributed by atoms with Crippen LogP contribution in [0.25, 0.3) is 0 Å². The fourth-order valence-corrected chi connectivity index (χ4v) is 3.74. The molecule has 0 amide bonds. The molecule has 0 saturated carbocycles. The lowest BCUT2D eigenvalue weighted by molar-refractivity contribution is 0.467. The number of sulfonamides is 2. The van der Waals surface area contributed by atoms with E-state index < -0.39 is 29.5 Å². The molecular weight excluding hydrogens is 312 g/mol. The molecule has 21 heavy (non-hydrogen) atoms. The van der Waals surface area contributed by atoms with Gasteiger partial charge in [-0.15, -0.1) is 0 Å². The molecule has 0 radical (unpaired) electrons. The molecule has 6 nitrogen and oxygen atoms in total. The Bertz CT molecular complexity index is 531. The Morgan fingerprint density at radius 3 is 1.81 bits per heavy atom. The highest BCUT2D eigenvalue weighted by Crippen LogP contribution is 2.23. The van der Waals surface area contributed by atoms with E-state index >= 15 is 0 Å². The smallest absolute Gasteiger partial charge is 0.215 e. The van der Waals surface area contributed by atoms with Crippen LogP contribution in [0.15, 0.2) is 0 Å². The van der Waals surface area contributed by atoms with Crippen LogP contribution >= 0.6 is 0 Å². The predicted molar refractivity (Wildman–Crippen MR) is 87.2 cm³/mol. The van der Waals surface area contributed by atoms with Crippen molar-refractivity contribution in [2.24, 2.45) is 0 Å².